The van der Waals surface area contributed by atoms with Crippen LogP contribution in [0.25, 0.3) is 11.0 Å². The summed E-state index contributed by atoms with van der Waals surface area (Å²) < 4.78 is 15.7. The zero-order chi connectivity index (χ0) is 26.9. The van der Waals surface area contributed by atoms with Gasteiger partial charge in [-0.3, -0.25) is 4.79 Å². The summed E-state index contributed by atoms with van der Waals surface area (Å²) in [6, 6.07) is 8.77. The molecule has 0 aliphatic carbocycles. The van der Waals surface area contributed by atoms with E-state index in [9.17, 15) is 14.9 Å². The van der Waals surface area contributed by atoms with Crippen molar-refractivity contribution in [3.63, 3.8) is 0 Å². The van der Waals surface area contributed by atoms with Gasteiger partial charge in [0.15, 0.2) is 0 Å². The second-order valence-corrected chi connectivity index (χ2v) is 10.8. The second-order valence-electron chi connectivity index (χ2n) is 10.8. The SMILES string of the molecule is COCCOCCN1CCC(C#N)(NC(=O)C(CCC(C)(C)C)Nc2nc(=O)oc3ccccc23)CC1. The summed E-state index contributed by atoms with van der Waals surface area (Å²) in [4.78, 5) is 31.9. The van der Waals surface area contributed by atoms with Gasteiger partial charge in [-0.15, -0.1) is 0 Å². The van der Waals surface area contributed by atoms with Gasteiger partial charge in [-0.1, -0.05) is 32.9 Å². The number of ether oxygens (including phenoxy) is 2. The van der Waals surface area contributed by atoms with E-state index in [1.165, 1.54) is 0 Å². The van der Waals surface area contributed by atoms with E-state index in [2.05, 4.69) is 47.4 Å². The molecule has 0 spiro atoms. The number of benzene rings is 1. The van der Waals surface area contributed by atoms with Crippen molar-refractivity contribution in [1.82, 2.24) is 15.2 Å². The molecule has 1 amide bonds. The second kappa shape index (κ2) is 13.0. The van der Waals surface area contributed by atoms with Gasteiger partial charge >= 0.3 is 5.76 Å². The minimum Gasteiger partial charge on any atom is -0.408 e. The van der Waals surface area contributed by atoms with E-state index in [0.717, 1.165) is 13.0 Å². The summed E-state index contributed by atoms with van der Waals surface area (Å²) in [5.74, 6) is -0.709. The smallest absolute Gasteiger partial charge is 0.408 e. The number of nitriles is 1. The lowest BCUT2D eigenvalue weighted by Crippen LogP contribution is -2.57. The summed E-state index contributed by atoms with van der Waals surface area (Å²) in [7, 11) is 1.64. The third kappa shape index (κ3) is 8.52. The highest BCUT2D eigenvalue weighted by molar-refractivity contribution is 5.91. The molecule has 1 aromatic carbocycles. The number of aromatic nitrogens is 1. The fourth-order valence-electron chi connectivity index (χ4n) is 4.32. The molecule has 0 radical (unpaired) electrons. The first-order valence-corrected chi connectivity index (χ1v) is 12.8. The first kappa shape index (κ1) is 28.6. The largest absolute Gasteiger partial charge is 0.441 e. The lowest BCUT2D eigenvalue weighted by atomic mass is 9.86. The first-order valence-electron chi connectivity index (χ1n) is 12.8. The van der Waals surface area contributed by atoms with Crippen molar-refractivity contribution in [1.29, 1.82) is 5.26 Å². The molecule has 1 saturated heterocycles. The van der Waals surface area contributed by atoms with Crippen molar-refractivity contribution in [2.75, 3.05) is 51.9 Å². The van der Waals surface area contributed by atoms with Crippen LogP contribution in [0.4, 0.5) is 5.82 Å². The number of hydrogen-bond donors (Lipinski definition) is 2. The predicted octanol–water partition coefficient (Wildman–Crippen LogP) is 2.93. The molecule has 10 nitrogen and oxygen atoms in total. The number of para-hydroxylation sites is 1. The Morgan fingerprint density at radius 3 is 2.65 bits per heavy atom. The number of amides is 1. The van der Waals surface area contributed by atoms with Crippen molar-refractivity contribution in [2.45, 2.75) is 58.0 Å². The fourth-order valence-corrected chi connectivity index (χ4v) is 4.32. The molecule has 2 aromatic rings. The van der Waals surface area contributed by atoms with Crippen LogP contribution in [-0.4, -0.2) is 73.9 Å². The molecule has 1 fully saturated rings. The quantitative estimate of drug-likeness (QED) is 0.411. The van der Waals surface area contributed by atoms with Gasteiger partial charge in [0.25, 0.3) is 0 Å². The molecular weight excluding hydrogens is 474 g/mol. The third-order valence-corrected chi connectivity index (χ3v) is 6.62. The van der Waals surface area contributed by atoms with Crippen LogP contribution in [0.5, 0.6) is 0 Å². The topological polar surface area (TPSA) is 130 Å². The average Bonchev–Trinajstić information content (AvgIpc) is 2.86. The molecule has 10 heteroatoms. The van der Waals surface area contributed by atoms with E-state index in [1.54, 1.807) is 25.3 Å². The molecule has 2 heterocycles. The van der Waals surface area contributed by atoms with Crippen molar-refractivity contribution in [2.24, 2.45) is 5.41 Å². The van der Waals surface area contributed by atoms with Crippen molar-refractivity contribution in [3.05, 3.63) is 34.8 Å². The van der Waals surface area contributed by atoms with Crippen molar-refractivity contribution in [3.8, 4) is 6.07 Å². The number of nitrogens with zero attached hydrogens (tertiary/aromatic N) is 3. The highest BCUT2D eigenvalue weighted by Gasteiger charge is 2.38. The Labute approximate surface area is 218 Å². The van der Waals surface area contributed by atoms with Gasteiger partial charge in [0.05, 0.1) is 31.3 Å². The van der Waals surface area contributed by atoms with E-state index < -0.39 is 17.3 Å². The number of rotatable bonds is 12. The van der Waals surface area contributed by atoms with Crippen molar-refractivity contribution < 1.29 is 18.7 Å². The molecule has 0 bridgehead atoms. The zero-order valence-electron chi connectivity index (χ0n) is 22.3. The Kier molecular flexibility index (Phi) is 10.0. The monoisotopic (exact) mass is 513 g/mol. The molecule has 2 N–H and O–H groups in total. The van der Waals surface area contributed by atoms with Crippen LogP contribution in [0.1, 0.15) is 46.5 Å². The summed E-state index contributed by atoms with van der Waals surface area (Å²) in [5, 5.41) is 16.9. The van der Waals surface area contributed by atoms with E-state index in [-0.39, 0.29) is 11.3 Å². The van der Waals surface area contributed by atoms with E-state index in [4.69, 9.17) is 13.9 Å². The normalized spacial score (nSPS) is 16.7. The van der Waals surface area contributed by atoms with E-state index in [0.29, 0.717) is 69.0 Å². The Morgan fingerprint density at radius 2 is 1.97 bits per heavy atom. The van der Waals surface area contributed by atoms with Gasteiger partial charge in [0, 0.05) is 26.7 Å². The fraction of sp³-hybridized carbons (Fsp3) is 0.630. The number of methoxy groups -OCH3 is 1. The standard InChI is InChI=1S/C27H39N5O5/c1-26(2,3)10-9-21(29-23-20-7-5-6-8-22(20)37-25(34)30-23)24(33)31-27(19-28)11-13-32(14-12-27)15-16-36-18-17-35-4/h5-8,21H,9-18H2,1-4H3,(H,31,33)(H,29,30,34). The minimum atomic E-state index is -0.947. The van der Waals surface area contributed by atoms with Gasteiger partial charge in [0.2, 0.25) is 5.91 Å². The van der Waals surface area contributed by atoms with Gasteiger partial charge < -0.3 is 29.4 Å². The van der Waals surface area contributed by atoms with Crippen LogP contribution in [0.3, 0.4) is 0 Å². The van der Waals surface area contributed by atoms with Gasteiger partial charge in [0.1, 0.15) is 23.0 Å². The summed E-state index contributed by atoms with van der Waals surface area (Å²) in [5.41, 5.74) is -0.557. The molecule has 1 unspecified atom stereocenters. The molecule has 202 valence electrons. The van der Waals surface area contributed by atoms with Gasteiger partial charge in [-0.25, -0.2) is 4.79 Å². The van der Waals surface area contributed by atoms with Crippen LogP contribution in [0.15, 0.2) is 33.5 Å². The van der Waals surface area contributed by atoms with Crippen LogP contribution in [-0.2, 0) is 14.3 Å². The molecule has 0 saturated carbocycles. The molecule has 3 rings (SSSR count). The lowest BCUT2D eigenvalue weighted by Gasteiger charge is -2.38. The Bertz CT molecular complexity index is 1130. The number of carbonyl (C=O) groups excluding carboxylic acids is 1. The highest BCUT2D eigenvalue weighted by atomic mass is 16.5. The van der Waals surface area contributed by atoms with Crippen LogP contribution in [0, 0.1) is 16.7 Å². The Balaban J connectivity index is 1.70. The maximum absolute atomic E-state index is 13.6. The molecule has 1 aromatic heterocycles. The van der Waals surface area contributed by atoms with Gasteiger partial charge in [-0.2, -0.15) is 10.2 Å². The number of fused-ring (bicyclic) bond motifs is 1. The Morgan fingerprint density at radius 1 is 1.24 bits per heavy atom. The summed E-state index contributed by atoms with van der Waals surface area (Å²) in [6.07, 6.45) is 2.32. The van der Waals surface area contributed by atoms with E-state index >= 15 is 0 Å². The zero-order valence-corrected chi connectivity index (χ0v) is 22.3. The Hall–Kier alpha value is -3.00. The van der Waals surface area contributed by atoms with E-state index in [1.807, 2.05) is 6.07 Å². The maximum atomic E-state index is 13.6. The maximum Gasteiger partial charge on any atom is 0.441 e. The van der Waals surface area contributed by atoms with Crippen molar-refractivity contribution >= 4 is 22.7 Å². The number of carbonyl (C=O) groups is 1. The van der Waals surface area contributed by atoms with Crippen LogP contribution in [0.2, 0.25) is 0 Å². The number of piperidine rings is 1. The summed E-state index contributed by atoms with van der Waals surface area (Å²) >= 11 is 0. The summed E-state index contributed by atoms with van der Waals surface area (Å²) in [6.45, 7) is 10.2. The van der Waals surface area contributed by atoms with Crippen LogP contribution >= 0.6 is 0 Å². The predicted molar refractivity (Wildman–Crippen MR) is 141 cm³/mol. The number of hydrogen-bond acceptors (Lipinski definition) is 9. The minimum absolute atomic E-state index is 0.00496. The number of nitrogens with one attached hydrogen (secondary N) is 2. The molecule has 1 aliphatic heterocycles. The van der Waals surface area contributed by atoms with Gasteiger partial charge in [-0.05, 0) is 43.2 Å². The third-order valence-electron chi connectivity index (χ3n) is 6.62. The molecule has 37 heavy (non-hydrogen) atoms. The van der Waals surface area contributed by atoms with Crippen LogP contribution < -0.4 is 16.4 Å². The molecule has 1 aliphatic rings. The number of anilines is 1. The molecule has 1 atom stereocenters. The first-order chi connectivity index (χ1) is 17.6. The lowest BCUT2D eigenvalue weighted by molar-refractivity contribution is -0.124. The average molecular weight is 514 g/mol. The highest BCUT2D eigenvalue weighted by Crippen LogP contribution is 2.27. The number of likely N-dealkylation sites (tertiary alicyclic amines) is 1. The molecular formula is C27H39N5O5.